The summed E-state index contributed by atoms with van der Waals surface area (Å²) in [5.74, 6) is 0.882. The van der Waals surface area contributed by atoms with Crippen molar-refractivity contribution in [3.05, 3.63) is 64.7 Å². The number of methoxy groups -OCH3 is 1. The third-order valence-corrected chi connectivity index (χ3v) is 3.96. The number of halogens is 1. The van der Waals surface area contributed by atoms with Gasteiger partial charge in [-0.05, 0) is 48.7 Å². The van der Waals surface area contributed by atoms with E-state index in [1.807, 2.05) is 30.3 Å². The van der Waals surface area contributed by atoms with Gasteiger partial charge in [-0.2, -0.15) is 0 Å². The van der Waals surface area contributed by atoms with E-state index in [9.17, 15) is 0 Å². The van der Waals surface area contributed by atoms with E-state index >= 15 is 0 Å². The summed E-state index contributed by atoms with van der Waals surface area (Å²) in [7, 11) is 1.68. The van der Waals surface area contributed by atoms with Gasteiger partial charge in [0.15, 0.2) is 0 Å². The Bertz CT molecular complexity index is 568. The molecule has 2 aromatic carbocycles. The molecule has 2 rings (SSSR count). The fourth-order valence-corrected chi connectivity index (χ4v) is 2.66. The second kappa shape index (κ2) is 7.48. The fraction of sp³-hybridized carbons (Fsp3) is 0.333. The molecule has 0 amide bonds. The van der Waals surface area contributed by atoms with Crippen molar-refractivity contribution < 1.29 is 4.74 Å². The molecule has 0 aliphatic heterocycles. The SMILES string of the molecule is CCC(N[C@@H](C)c1ccc(OC)cc1)c1cccc(Cl)c1. The van der Waals surface area contributed by atoms with E-state index in [0.717, 1.165) is 17.2 Å². The summed E-state index contributed by atoms with van der Waals surface area (Å²) in [5, 5.41) is 4.45. The van der Waals surface area contributed by atoms with Crippen molar-refractivity contribution in [2.75, 3.05) is 7.11 Å². The lowest BCUT2D eigenvalue weighted by Crippen LogP contribution is -2.24. The van der Waals surface area contributed by atoms with Crippen molar-refractivity contribution in [1.29, 1.82) is 0 Å². The molecule has 2 nitrogen and oxygen atoms in total. The lowest BCUT2D eigenvalue weighted by molar-refractivity contribution is 0.413. The predicted molar refractivity (Wildman–Crippen MR) is 89.0 cm³/mol. The highest BCUT2D eigenvalue weighted by atomic mass is 35.5. The quantitative estimate of drug-likeness (QED) is 0.796. The standard InChI is InChI=1S/C18H22ClNO/c1-4-18(15-6-5-7-16(19)12-15)20-13(2)14-8-10-17(21-3)11-9-14/h5-13,18,20H,4H2,1-3H3/t13-,18?/m0/s1. The zero-order valence-corrected chi connectivity index (χ0v) is 13.5. The first kappa shape index (κ1) is 15.9. The molecule has 0 aromatic heterocycles. The normalized spacial score (nSPS) is 13.7. The lowest BCUT2D eigenvalue weighted by Gasteiger charge is -2.23. The third kappa shape index (κ3) is 4.23. The second-order valence-electron chi connectivity index (χ2n) is 5.18. The molecular weight excluding hydrogens is 282 g/mol. The van der Waals surface area contributed by atoms with E-state index in [4.69, 9.17) is 16.3 Å². The first-order chi connectivity index (χ1) is 10.1. The van der Waals surface area contributed by atoms with Crippen LogP contribution >= 0.6 is 11.6 Å². The van der Waals surface area contributed by atoms with Gasteiger partial charge in [-0.25, -0.2) is 0 Å². The molecule has 0 aliphatic carbocycles. The van der Waals surface area contributed by atoms with Crippen LogP contribution in [0.5, 0.6) is 5.75 Å². The molecule has 0 saturated heterocycles. The zero-order valence-electron chi connectivity index (χ0n) is 12.8. The van der Waals surface area contributed by atoms with E-state index in [1.165, 1.54) is 11.1 Å². The van der Waals surface area contributed by atoms with Crippen molar-refractivity contribution >= 4 is 11.6 Å². The second-order valence-corrected chi connectivity index (χ2v) is 5.61. The van der Waals surface area contributed by atoms with Gasteiger partial charge >= 0.3 is 0 Å². The van der Waals surface area contributed by atoms with Crippen molar-refractivity contribution in [1.82, 2.24) is 5.32 Å². The van der Waals surface area contributed by atoms with Crippen LogP contribution in [0.2, 0.25) is 5.02 Å². The van der Waals surface area contributed by atoms with E-state index in [-0.39, 0.29) is 6.04 Å². The zero-order chi connectivity index (χ0) is 15.2. The molecular formula is C18H22ClNO. The van der Waals surface area contributed by atoms with Gasteiger partial charge in [0.05, 0.1) is 7.11 Å². The van der Waals surface area contributed by atoms with E-state index in [0.29, 0.717) is 6.04 Å². The van der Waals surface area contributed by atoms with Gasteiger partial charge in [0.25, 0.3) is 0 Å². The minimum absolute atomic E-state index is 0.264. The van der Waals surface area contributed by atoms with Crippen molar-refractivity contribution in [3.8, 4) is 5.75 Å². The maximum absolute atomic E-state index is 6.09. The summed E-state index contributed by atoms with van der Waals surface area (Å²) in [5.41, 5.74) is 2.47. The molecule has 0 heterocycles. The Morgan fingerprint density at radius 2 is 1.81 bits per heavy atom. The Morgan fingerprint density at radius 1 is 1.10 bits per heavy atom. The summed E-state index contributed by atoms with van der Waals surface area (Å²) >= 11 is 6.09. The van der Waals surface area contributed by atoms with Crippen molar-refractivity contribution in [2.24, 2.45) is 0 Å². The Balaban J connectivity index is 2.10. The molecule has 2 atom stereocenters. The van der Waals surface area contributed by atoms with Crippen molar-refractivity contribution in [3.63, 3.8) is 0 Å². The Hall–Kier alpha value is -1.51. The first-order valence-electron chi connectivity index (χ1n) is 7.29. The maximum atomic E-state index is 6.09. The van der Waals surface area contributed by atoms with Crippen LogP contribution in [0, 0.1) is 0 Å². The highest BCUT2D eigenvalue weighted by Gasteiger charge is 2.14. The summed E-state index contributed by atoms with van der Waals surface area (Å²) in [6.45, 7) is 4.36. The molecule has 0 radical (unpaired) electrons. The molecule has 0 saturated carbocycles. The van der Waals surface area contributed by atoms with E-state index < -0.39 is 0 Å². The van der Waals surface area contributed by atoms with Crippen molar-refractivity contribution in [2.45, 2.75) is 32.4 Å². The van der Waals surface area contributed by atoms with Crippen LogP contribution in [0.25, 0.3) is 0 Å². The summed E-state index contributed by atoms with van der Waals surface area (Å²) < 4.78 is 5.20. The third-order valence-electron chi connectivity index (χ3n) is 3.73. The molecule has 112 valence electrons. The lowest BCUT2D eigenvalue weighted by atomic mass is 10.0. The maximum Gasteiger partial charge on any atom is 0.118 e. The molecule has 0 bridgehead atoms. The minimum atomic E-state index is 0.264. The average molecular weight is 304 g/mol. The average Bonchev–Trinajstić information content (AvgIpc) is 2.52. The van der Waals surface area contributed by atoms with E-state index in [2.05, 4.69) is 37.4 Å². The smallest absolute Gasteiger partial charge is 0.118 e. The molecule has 2 aromatic rings. The highest BCUT2D eigenvalue weighted by Crippen LogP contribution is 2.25. The molecule has 0 fully saturated rings. The molecule has 21 heavy (non-hydrogen) atoms. The number of hydrogen-bond acceptors (Lipinski definition) is 2. The van der Waals surface area contributed by atoms with Crippen LogP contribution in [0.1, 0.15) is 43.5 Å². The minimum Gasteiger partial charge on any atom is -0.497 e. The topological polar surface area (TPSA) is 21.3 Å². The molecule has 1 N–H and O–H groups in total. The van der Waals surface area contributed by atoms with Gasteiger partial charge in [0.1, 0.15) is 5.75 Å². The summed E-state index contributed by atoms with van der Waals surface area (Å²) in [6.07, 6.45) is 1.01. The van der Waals surface area contributed by atoms with Crippen LogP contribution in [0.15, 0.2) is 48.5 Å². The number of rotatable bonds is 6. The van der Waals surface area contributed by atoms with E-state index in [1.54, 1.807) is 7.11 Å². The van der Waals surface area contributed by atoms with Crippen LogP contribution in [-0.4, -0.2) is 7.11 Å². The predicted octanol–water partition coefficient (Wildman–Crippen LogP) is 5.15. The van der Waals surface area contributed by atoms with Crippen LogP contribution in [-0.2, 0) is 0 Å². The number of ether oxygens (including phenoxy) is 1. The van der Waals surface area contributed by atoms with Gasteiger partial charge in [0.2, 0.25) is 0 Å². The van der Waals surface area contributed by atoms with Gasteiger partial charge in [-0.15, -0.1) is 0 Å². The number of hydrogen-bond donors (Lipinski definition) is 1. The Kier molecular flexibility index (Phi) is 5.66. The Morgan fingerprint density at radius 3 is 2.38 bits per heavy atom. The summed E-state index contributed by atoms with van der Waals surface area (Å²) in [4.78, 5) is 0. The number of benzene rings is 2. The van der Waals surface area contributed by atoms with Crippen LogP contribution < -0.4 is 10.1 Å². The monoisotopic (exact) mass is 303 g/mol. The fourth-order valence-electron chi connectivity index (χ4n) is 2.46. The van der Waals surface area contributed by atoms with Crippen LogP contribution in [0.4, 0.5) is 0 Å². The van der Waals surface area contributed by atoms with Gasteiger partial charge in [-0.1, -0.05) is 42.8 Å². The van der Waals surface area contributed by atoms with Gasteiger partial charge in [-0.3, -0.25) is 0 Å². The first-order valence-corrected chi connectivity index (χ1v) is 7.67. The molecule has 0 spiro atoms. The van der Waals surface area contributed by atoms with Gasteiger partial charge in [0, 0.05) is 17.1 Å². The molecule has 0 aliphatic rings. The highest BCUT2D eigenvalue weighted by molar-refractivity contribution is 6.30. The number of nitrogens with one attached hydrogen (secondary N) is 1. The van der Waals surface area contributed by atoms with Gasteiger partial charge < -0.3 is 10.1 Å². The molecule has 3 heteroatoms. The Labute approximate surface area is 132 Å². The molecule has 1 unspecified atom stereocenters. The summed E-state index contributed by atoms with van der Waals surface area (Å²) in [6, 6.07) is 16.8. The largest absolute Gasteiger partial charge is 0.497 e. The van der Waals surface area contributed by atoms with Crippen LogP contribution in [0.3, 0.4) is 0 Å².